The Kier molecular flexibility index (Phi) is 7.05. The minimum Gasteiger partial charge on any atom is -0.497 e. The standard InChI is InChI=1S/C22H19F4NO4S/c1-30-16-7-3-14(4-8-16)12-27(13-15-5-9-17(31-2)10-6-15)32(28,29)19-11-18(23)20(24)22(26)21(19)25/h3-11H,12-13H2,1-2H3. The second-order valence-electron chi connectivity index (χ2n) is 6.77. The highest BCUT2D eigenvalue weighted by Gasteiger charge is 2.32. The molecule has 32 heavy (non-hydrogen) atoms. The number of hydrogen-bond donors (Lipinski definition) is 0. The van der Waals surface area contributed by atoms with E-state index in [2.05, 4.69) is 0 Å². The van der Waals surface area contributed by atoms with Gasteiger partial charge in [-0.05, 0) is 35.4 Å². The summed E-state index contributed by atoms with van der Waals surface area (Å²) < 4.78 is 92.6. The zero-order chi connectivity index (χ0) is 23.5. The fraction of sp³-hybridized carbons (Fsp3) is 0.182. The first-order valence-corrected chi connectivity index (χ1v) is 10.7. The Bertz CT molecular complexity index is 1150. The summed E-state index contributed by atoms with van der Waals surface area (Å²) in [5, 5.41) is 0. The summed E-state index contributed by atoms with van der Waals surface area (Å²) in [6.45, 7) is -0.503. The highest BCUT2D eigenvalue weighted by atomic mass is 32.2. The molecule has 10 heteroatoms. The minimum atomic E-state index is -4.77. The van der Waals surface area contributed by atoms with E-state index in [1.54, 1.807) is 48.5 Å². The monoisotopic (exact) mass is 469 g/mol. The molecule has 0 amide bonds. The number of sulfonamides is 1. The van der Waals surface area contributed by atoms with Gasteiger partial charge in [-0.3, -0.25) is 0 Å². The van der Waals surface area contributed by atoms with Gasteiger partial charge in [0.2, 0.25) is 10.0 Å². The zero-order valence-electron chi connectivity index (χ0n) is 17.1. The van der Waals surface area contributed by atoms with Crippen molar-refractivity contribution in [2.45, 2.75) is 18.0 Å². The van der Waals surface area contributed by atoms with E-state index in [1.807, 2.05) is 0 Å². The van der Waals surface area contributed by atoms with Crippen LogP contribution in [-0.2, 0) is 23.1 Å². The quantitative estimate of drug-likeness (QED) is 0.274. The topological polar surface area (TPSA) is 55.8 Å². The number of nitrogens with zero attached hydrogens (tertiary/aromatic N) is 1. The molecular formula is C22H19F4NO4S. The van der Waals surface area contributed by atoms with Crippen LogP contribution in [0, 0.1) is 23.3 Å². The molecule has 0 saturated heterocycles. The average Bonchev–Trinajstić information content (AvgIpc) is 2.80. The van der Waals surface area contributed by atoms with Crippen LogP contribution < -0.4 is 9.47 Å². The van der Waals surface area contributed by atoms with Crippen molar-refractivity contribution in [2.24, 2.45) is 0 Å². The lowest BCUT2D eigenvalue weighted by Gasteiger charge is -2.23. The highest BCUT2D eigenvalue weighted by molar-refractivity contribution is 7.89. The van der Waals surface area contributed by atoms with Crippen molar-refractivity contribution >= 4 is 10.0 Å². The summed E-state index contributed by atoms with van der Waals surface area (Å²) in [7, 11) is -1.84. The van der Waals surface area contributed by atoms with Gasteiger partial charge in [-0.15, -0.1) is 0 Å². The first kappa shape index (κ1) is 23.6. The lowest BCUT2D eigenvalue weighted by Crippen LogP contribution is -2.31. The van der Waals surface area contributed by atoms with Gasteiger partial charge >= 0.3 is 0 Å². The minimum absolute atomic E-state index is 0.137. The maximum absolute atomic E-state index is 14.4. The molecule has 0 saturated carbocycles. The molecule has 170 valence electrons. The van der Waals surface area contributed by atoms with Gasteiger partial charge in [-0.25, -0.2) is 26.0 Å². The van der Waals surface area contributed by atoms with Crippen molar-refractivity contribution in [1.29, 1.82) is 0 Å². The molecule has 0 aliphatic heterocycles. The smallest absolute Gasteiger partial charge is 0.246 e. The Labute approximate surface area is 182 Å². The summed E-state index contributed by atoms with van der Waals surface area (Å²) in [4.78, 5) is -1.30. The van der Waals surface area contributed by atoms with E-state index in [1.165, 1.54) is 14.2 Å². The number of benzene rings is 3. The fourth-order valence-corrected chi connectivity index (χ4v) is 4.46. The molecular weight excluding hydrogens is 450 g/mol. The van der Waals surface area contributed by atoms with E-state index in [-0.39, 0.29) is 19.2 Å². The number of rotatable bonds is 8. The molecule has 0 aromatic heterocycles. The molecule has 0 radical (unpaired) electrons. The Morgan fingerprint density at radius 2 is 1.16 bits per heavy atom. The van der Waals surface area contributed by atoms with Crippen LogP contribution in [0.2, 0.25) is 0 Å². The summed E-state index contributed by atoms with van der Waals surface area (Å²) in [6, 6.07) is 12.9. The van der Waals surface area contributed by atoms with Crippen LogP contribution in [0.15, 0.2) is 59.5 Å². The molecule has 0 bridgehead atoms. The predicted octanol–water partition coefficient (Wildman–Crippen LogP) is 4.65. The maximum atomic E-state index is 14.4. The largest absolute Gasteiger partial charge is 0.497 e. The summed E-state index contributed by atoms with van der Waals surface area (Å²) in [5.74, 6) is -7.01. The van der Waals surface area contributed by atoms with Crippen molar-refractivity contribution in [3.63, 3.8) is 0 Å². The number of hydrogen-bond acceptors (Lipinski definition) is 4. The molecule has 3 rings (SSSR count). The first-order valence-electron chi connectivity index (χ1n) is 9.26. The second kappa shape index (κ2) is 9.58. The molecule has 3 aromatic rings. The van der Waals surface area contributed by atoms with Crippen LogP contribution >= 0.6 is 0 Å². The Morgan fingerprint density at radius 1 is 0.719 bits per heavy atom. The third kappa shape index (κ3) is 4.86. The van der Waals surface area contributed by atoms with Gasteiger partial charge in [0.1, 0.15) is 16.4 Å². The van der Waals surface area contributed by atoms with Crippen molar-refractivity contribution < 1.29 is 35.5 Å². The van der Waals surface area contributed by atoms with Gasteiger partial charge in [0, 0.05) is 19.2 Å². The van der Waals surface area contributed by atoms with E-state index >= 15 is 0 Å². The first-order chi connectivity index (χ1) is 15.2. The van der Waals surface area contributed by atoms with Crippen molar-refractivity contribution in [3.05, 3.63) is 89.0 Å². The van der Waals surface area contributed by atoms with Crippen LogP contribution in [0.5, 0.6) is 11.5 Å². The Hall–Kier alpha value is -3.11. The Balaban J connectivity index is 2.05. The summed E-state index contributed by atoms with van der Waals surface area (Å²) in [5.41, 5.74) is 1.01. The van der Waals surface area contributed by atoms with Gasteiger partial charge in [-0.1, -0.05) is 24.3 Å². The van der Waals surface area contributed by atoms with E-state index in [0.717, 1.165) is 4.31 Å². The summed E-state index contributed by atoms with van der Waals surface area (Å²) >= 11 is 0. The molecule has 0 aliphatic carbocycles. The van der Waals surface area contributed by atoms with E-state index in [4.69, 9.17) is 9.47 Å². The fourth-order valence-electron chi connectivity index (χ4n) is 2.97. The van der Waals surface area contributed by atoms with Crippen LogP contribution in [0.25, 0.3) is 0 Å². The molecule has 0 N–H and O–H groups in total. The van der Waals surface area contributed by atoms with Crippen LogP contribution in [-0.4, -0.2) is 26.9 Å². The molecule has 0 spiro atoms. The molecule has 0 atom stereocenters. The van der Waals surface area contributed by atoms with E-state index in [9.17, 15) is 26.0 Å². The van der Waals surface area contributed by atoms with Crippen molar-refractivity contribution in [1.82, 2.24) is 4.31 Å². The number of halogens is 4. The maximum Gasteiger partial charge on any atom is 0.246 e. The van der Waals surface area contributed by atoms with Crippen molar-refractivity contribution in [2.75, 3.05) is 14.2 Å². The molecule has 0 heterocycles. The molecule has 0 unspecified atom stereocenters. The number of ether oxygens (including phenoxy) is 2. The molecule has 0 aliphatic rings. The van der Waals surface area contributed by atoms with Gasteiger partial charge in [0.15, 0.2) is 23.3 Å². The SMILES string of the molecule is COc1ccc(CN(Cc2ccc(OC)cc2)S(=O)(=O)c2cc(F)c(F)c(F)c2F)cc1. The molecule has 3 aromatic carbocycles. The average molecular weight is 469 g/mol. The summed E-state index contributed by atoms with van der Waals surface area (Å²) in [6.07, 6.45) is 0. The van der Waals surface area contributed by atoms with Gasteiger partial charge in [-0.2, -0.15) is 4.31 Å². The van der Waals surface area contributed by atoms with Crippen LogP contribution in [0.4, 0.5) is 17.6 Å². The van der Waals surface area contributed by atoms with Gasteiger partial charge in [0.25, 0.3) is 0 Å². The second-order valence-corrected chi connectivity index (χ2v) is 8.67. The third-order valence-electron chi connectivity index (χ3n) is 4.72. The van der Waals surface area contributed by atoms with Gasteiger partial charge in [0.05, 0.1) is 14.2 Å². The van der Waals surface area contributed by atoms with Crippen LogP contribution in [0.1, 0.15) is 11.1 Å². The lowest BCUT2D eigenvalue weighted by molar-refractivity contribution is 0.377. The van der Waals surface area contributed by atoms with Crippen LogP contribution in [0.3, 0.4) is 0 Å². The van der Waals surface area contributed by atoms with Crippen molar-refractivity contribution in [3.8, 4) is 11.5 Å². The Morgan fingerprint density at radius 3 is 1.56 bits per heavy atom. The predicted molar refractivity (Wildman–Crippen MR) is 109 cm³/mol. The zero-order valence-corrected chi connectivity index (χ0v) is 17.9. The molecule has 5 nitrogen and oxygen atoms in total. The third-order valence-corrected chi connectivity index (χ3v) is 6.51. The normalized spacial score (nSPS) is 11.6. The number of methoxy groups -OCH3 is 2. The van der Waals surface area contributed by atoms with E-state index in [0.29, 0.717) is 22.6 Å². The van der Waals surface area contributed by atoms with E-state index < -0.39 is 38.2 Å². The molecule has 0 fully saturated rings. The lowest BCUT2D eigenvalue weighted by atomic mass is 10.2. The highest BCUT2D eigenvalue weighted by Crippen LogP contribution is 2.28. The van der Waals surface area contributed by atoms with Gasteiger partial charge < -0.3 is 9.47 Å².